The summed E-state index contributed by atoms with van der Waals surface area (Å²) in [6.45, 7) is 5.48. The molecule has 6 nitrogen and oxygen atoms in total. The summed E-state index contributed by atoms with van der Waals surface area (Å²) >= 11 is 1.38. The maximum absolute atomic E-state index is 12.8. The van der Waals surface area contributed by atoms with Crippen LogP contribution in [-0.4, -0.2) is 52.8 Å². The van der Waals surface area contributed by atoms with E-state index in [2.05, 4.69) is 52.3 Å². The molecule has 1 aliphatic heterocycles. The number of benzene rings is 3. The van der Waals surface area contributed by atoms with Gasteiger partial charge in [-0.2, -0.15) is 0 Å². The molecule has 1 fully saturated rings. The van der Waals surface area contributed by atoms with Crippen molar-refractivity contribution in [3.05, 3.63) is 95.5 Å². The zero-order chi connectivity index (χ0) is 24.9. The molecule has 0 N–H and O–H groups in total. The summed E-state index contributed by atoms with van der Waals surface area (Å²) in [5.41, 5.74) is 2.76. The van der Waals surface area contributed by atoms with Crippen LogP contribution in [0.1, 0.15) is 18.2 Å². The monoisotopic (exact) mass is 496 g/mol. The zero-order valence-corrected chi connectivity index (χ0v) is 21.0. The predicted octanol–water partition coefficient (Wildman–Crippen LogP) is 5.34. The number of hydrogen-bond donors (Lipinski definition) is 0. The van der Waals surface area contributed by atoms with E-state index < -0.39 is 0 Å². The Bertz CT molecular complexity index is 1390. The van der Waals surface area contributed by atoms with E-state index >= 15 is 0 Å². The van der Waals surface area contributed by atoms with E-state index in [4.69, 9.17) is 0 Å². The van der Waals surface area contributed by atoms with E-state index in [1.807, 2.05) is 40.6 Å². The molecule has 0 radical (unpaired) electrons. The molecular weight excluding hydrogens is 468 g/mol. The van der Waals surface area contributed by atoms with Crippen LogP contribution in [-0.2, 0) is 16.1 Å². The van der Waals surface area contributed by atoms with Gasteiger partial charge in [-0.1, -0.05) is 60.7 Å². The van der Waals surface area contributed by atoms with Crippen LogP contribution in [0.5, 0.6) is 0 Å². The van der Waals surface area contributed by atoms with E-state index in [1.165, 1.54) is 34.6 Å². The first-order chi connectivity index (χ1) is 17.6. The molecule has 2 heterocycles. The fourth-order valence-corrected chi connectivity index (χ4v) is 5.37. The molecule has 0 atom stereocenters. The Labute approximate surface area is 215 Å². The topological polar surface area (TPSA) is 56.8 Å². The van der Waals surface area contributed by atoms with Gasteiger partial charge in [0.2, 0.25) is 11.8 Å². The van der Waals surface area contributed by atoms with Crippen LogP contribution in [0.15, 0.2) is 84.3 Å². The molecule has 7 heteroatoms. The van der Waals surface area contributed by atoms with Crippen LogP contribution < -0.4 is 4.90 Å². The predicted molar refractivity (Wildman–Crippen MR) is 146 cm³/mol. The molecule has 1 aliphatic rings. The number of hydrogen-bond acceptors (Lipinski definition) is 5. The number of aromatic nitrogens is 1. The summed E-state index contributed by atoms with van der Waals surface area (Å²) in [6.07, 6.45) is 3.31. The second-order valence-electron chi connectivity index (χ2n) is 8.82. The van der Waals surface area contributed by atoms with Gasteiger partial charge in [-0.3, -0.25) is 19.4 Å². The van der Waals surface area contributed by atoms with Crippen molar-refractivity contribution in [2.75, 3.05) is 31.1 Å². The first-order valence-corrected chi connectivity index (χ1v) is 12.9. The first-order valence-electron chi connectivity index (χ1n) is 12.1. The maximum atomic E-state index is 12.8. The van der Waals surface area contributed by atoms with Crippen molar-refractivity contribution >= 4 is 50.8 Å². The lowest BCUT2D eigenvalue weighted by Gasteiger charge is -2.34. The minimum absolute atomic E-state index is 0.0131. The maximum Gasteiger partial charge on any atom is 0.246 e. The quantitative estimate of drug-likeness (QED) is 0.338. The average Bonchev–Trinajstić information content (AvgIpc) is 3.37. The fourth-order valence-electron chi connectivity index (χ4n) is 4.52. The van der Waals surface area contributed by atoms with Crippen molar-refractivity contribution in [1.82, 2.24) is 14.8 Å². The third-order valence-electron chi connectivity index (χ3n) is 6.38. The van der Waals surface area contributed by atoms with Gasteiger partial charge in [-0.05, 0) is 34.5 Å². The molecule has 5 rings (SSSR count). The van der Waals surface area contributed by atoms with E-state index in [0.29, 0.717) is 23.9 Å². The van der Waals surface area contributed by atoms with Gasteiger partial charge >= 0.3 is 0 Å². The van der Waals surface area contributed by atoms with Crippen LogP contribution in [0.2, 0.25) is 0 Å². The molecule has 0 unspecified atom stereocenters. The molecule has 0 bridgehead atoms. The first kappa shape index (κ1) is 23.9. The Morgan fingerprint density at radius 3 is 2.44 bits per heavy atom. The SMILES string of the molecule is CC(=O)N(c1ccccc1)c1nc(/C=C/C(=O)N2CCN(Cc3cccc4ccccc34)CC2)cs1. The highest BCUT2D eigenvalue weighted by Crippen LogP contribution is 2.29. The van der Waals surface area contributed by atoms with Crippen molar-refractivity contribution < 1.29 is 9.59 Å². The Kier molecular flexibility index (Phi) is 7.21. The molecule has 182 valence electrons. The molecule has 4 aromatic rings. The third-order valence-corrected chi connectivity index (χ3v) is 7.23. The minimum atomic E-state index is -0.108. The summed E-state index contributed by atoms with van der Waals surface area (Å²) in [6, 6.07) is 24.4. The van der Waals surface area contributed by atoms with E-state index in [1.54, 1.807) is 17.1 Å². The Morgan fingerprint density at radius 2 is 1.67 bits per heavy atom. The lowest BCUT2D eigenvalue weighted by Crippen LogP contribution is -2.47. The van der Waals surface area contributed by atoms with Crippen molar-refractivity contribution in [1.29, 1.82) is 0 Å². The smallest absolute Gasteiger partial charge is 0.246 e. The molecule has 0 saturated carbocycles. The number of anilines is 2. The highest BCUT2D eigenvalue weighted by atomic mass is 32.1. The van der Waals surface area contributed by atoms with Crippen molar-refractivity contribution in [3.8, 4) is 0 Å². The lowest BCUT2D eigenvalue weighted by atomic mass is 10.0. The second-order valence-corrected chi connectivity index (χ2v) is 9.65. The molecule has 36 heavy (non-hydrogen) atoms. The van der Waals surface area contributed by atoms with Gasteiger partial charge in [0.05, 0.1) is 11.4 Å². The Balaban J connectivity index is 1.18. The zero-order valence-electron chi connectivity index (χ0n) is 20.2. The third kappa shape index (κ3) is 5.37. The number of piperazine rings is 1. The van der Waals surface area contributed by atoms with Crippen molar-refractivity contribution in [2.24, 2.45) is 0 Å². The van der Waals surface area contributed by atoms with Crippen LogP contribution in [0.4, 0.5) is 10.8 Å². The molecular formula is C29H28N4O2S. The highest BCUT2D eigenvalue weighted by Gasteiger charge is 2.21. The average molecular weight is 497 g/mol. The number of carbonyl (C=O) groups excluding carboxylic acids is 2. The number of thiazole rings is 1. The lowest BCUT2D eigenvalue weighted by molar-refractivity contribution is -0.127. The van der Waals surface area contributed by atoms with Crippen molar-refractivity contribution in [2.45, 2.75) is 13.5 Å². The normalized spacial score (nSPS) is 14.4. The van der Waals surface area contributed by atoms with Gasteiger partial charge in [0.1, 0.15) is 0 Å². The standard InChI is InChI=1S/C29H28N4O2S/c1-22(34)33(26-11-3-2-4-12-26)29-30-25(21-36-29)14-15-28(35)32-18-16-31(17-19-32)20-24-10-7-9-23-8-5-6-13-27(23)24/h2-15,21H,16-20H2,1H3/b15-14+. The van der Waals surface area contributed by atoms with E-state index in [-0.39, 0.29) is 11.8 Å². The summed E-state index contributed by atoms with van der Waals surface area (Å²) in [5.74, 6) is -0.121. The van der Waals surface area contributed by atoms with E-state index in [0.717, 1.165) is 25.3 Å². The number of rotatable bonds is 6. The van der Waals surface area contributed by atoms with Crippen LogP contribution in [0.3, 0.4) is 0 Å². The molecule has 2 amide bonds. The number of nitrogens with zero attached hydrogens (tertiary/aromatic N) is 4. The molecule has 3 aromatic carbocycles. The molecule has 0 spiro atoms. The van der Waals surface area contributed by atoms with Crippen molar-refractivity contribution in [3.63, 3.8) is 0 Å². The van der Waals surface area contributed by atoms with Gasteiger partial charge in [-0.25, -0.2) is 4.98 Å². The molecule has 1 saturated heterocycles. The summed E-state index contributed by atoms with van der Waals surface area (Å²) < 4.78 is 0. The van der Waals surface area contributed by atoms with Gasteiger partial charge in [-0.15, -0.1) is 11.3 Å². The second kappa shape index (κ2) is 10.8. The number of carbonyl (C=O) groups is 2. The summed E-state index contributed by atoms with van der Waals surface area (Å²) in [4.78, 5) is 35.5. The van der Waals surface area contributed by atoms with Gasteiger partial charge < -0.3 is 4.90 Å². The van der Waals surface area contributed by atoms with Crippen LogP contribution in [0.25, 0.3) is 16.8 Å². The highest BCUT2D eigenvalue weighted by molar-refractivity contribution is 7.14. The number of para-hydroxylation sites is 1. The summed E-state index contributed by atoms with van der Waals surface area (Å²) in [5, 5.41) is 5.00. The Hall–Kier alpha value is -3.81. The minimum Gasteiger partial charge on any atom is -0.337 e. The van der Waals surface area contributed by atoms with E-state index in [9.17, 15) is 9.59 Å². The van der Waals surface area contributed by atoms with Crippen LogP contribution >= 0.6 is 11.3 Å². The number of fused-ring (bicyclic) bond motifs is 1. The van der Waals surface area contributed by atoms with Gasteiger partial charge in [0, 0.05) is 51.1 Å². The van der Waals surface area contributed by atoms with Gasteiger partial charge in [0.25, 0.3) is 0 Å². The largest absolute Gasteiger partial charge is 0.337 e. The molecule has 1 aromatic heterocycles. The number of amides is 2. The van der Waals surface area contributed by atoms with Crippen LogP contribution in [0, 0.1) is 0 Å². The van der Waals surface area contributed by atoms with Gasteiger partial charge in [0.15, 0.2) is 5.13 Å². The fraction of sp³-hybridized carbons (Fsp3) is 0.207. The Morgan fingerprint density at radius 1 is 0.944 bits per heavy atom. The molecule has 0 aliphatic carbocycles. The summed E-state index contributed by atoms with van der Waals surface area (Å²) in [7, 11) is 0.